The normalized spacial score (nSPS) is 12.3. The number of rotatable bonds is 7. The molecule has 6 heteroatoms. The Balaban J connectivity index is 4.25. The van der Waals surface area contributed by atoms with E-state index < -0.39 is 18.0 Å². The summed E-state index contributed by atoms with van der Waals surface area (Å²) in [6.45, 7) is 4.68. The van der Waals surface area contributed by atoms with Gasteiger partial charge in [0.05, 0.1) is 6.61 Å². The maximum Gasteiger partial charge on any atom is 0.326 e. The number of aliphatic carboxylic acids is 1. The van der Waals surface area contributed by atoms with Gasteiger partial charge in [0.25, 0.3) is 0 Å². The number of carboxylic acids is 1. The number of nitrogens with one attached hydrogen (secondary N) is 1. The van der Waals surface area contributed by atoms with Crippen molar-refractivity contribution in [3.05, 3.63) is 0 Å². The van der Waals surface area contributed by atoms with Gasteiger partial charge >= 0.3 is 12.0 Å². The Morgan fingerprint density at radius 3 is 2.41 bits per heavy atom. The van der Waals surface area contributed by atoms with Crippen LogP contribution in [-0.2, 0) is 9.53 Å². The number of carbonyl (C=O) groups is 2. The number of hydrogen-bond acceptors (Lipinski definition) is 3. The highest BCUT2D eigenvalue weighted by Gasteiger charge is 2.22. The van der Waals surface area contributed by atoms with Gasteiger partial charge in [0.15, 0.2) is 0 Å². The van der Waals surface area contributed by atoms with Crippen molar-refractivity contribution in [3.8, 4) is 0 Å². The van der Waals surface area contributed by atoms with E-state index in [0.29, 0.717) is 19.6 Å². The molecule has 1 atom stereocenters. The molecule has 0 heterocycles. The predicted octanol–water partition coefficient (Wildman–Crippen LogP) is 0.773. The van der Waals surface area contributed by atoms with E-state index in [4.69, 9.17) is 9.84 Å². The standard InChI is InChI=1S/C11H22N2O4/c1-8(2)7-9(10(14)15)12-11(16)13(3)5-6-17-4/h8-9H,5-7H2,1-4H3,(H,12,16)(H,14,15)/t9-/m0/s1. The molecule has 0 aliphatic carbocycles. The SMILES string of the molecule is COCCN(C)C(=O)N[C@@H](CC(C)C)C(=O)O. The zero-order valence-electron chi connectivity index (χ0n) is 10.9. The Bertz CT molecular complexity index is 256. The monoisotopic (exact) mass is 246 g/mol. The molecule has 17 heavy (non-hydrogen) atoms. The molecule has 0 spiro atoms. The summed E-state index contributed by atoms with van der Waals surface area (Å²) in [5.74, 6) is -0.798. The summed E-state index contributed by atoms with van der Waals surface area (Å²) >= 11 is 0. The topological polar surface area (TPSA) is 78.9 Å². The third kappa shape index (κ3) is 6.78. The second kappa shape index (κ2) is 7.89. The van der Waals surface area contributed by atoms with Crippen molar-refractivity contribution < 1.29 is 19.4 Å². The highest BCUT2D eigenvalue weighted by atomic mass is 16.5. The molecule has 0 rings (SSSR count). The van der Waals surface area contributed by atoms with E-state index in [2.05, 4.69) is 5.32 Å². The number of ether oxygens (including phenoxy) is 1. The van der Waals surface area contributed by atoms with Crippen LogP contribution in [0.25, 0.3) is 0 Å². The molecule has 0 aliphatic heterocycles. The lowest BCUT2D eigenvalue weighted by atomic mass is 10.0. The van der Waals surface area contributed by atoms with Gasteiger partial charge in [-0.3, -0.25) is 0 Å². The fourth-order valence-corrected chi connectivity index (χ4v) is 1.28. The van der Waals surface area contributed by atoms with Crippen molar-refractivity contribution in [2.24, 2.45) is 5.92 Å². The lowest BCUT2D eigenvalue weighted by molar-refractivity contribution is -0.139. The molecule has 0 aromatic rings. The summed E-state index contributed by atoms with van der Waals surface area (Å²) in [7, 11) is 3.15. The molecule has 0 aliphatic rings. The molecule has 0 aromatic heterocycles. The van der Waals surface area contributed by atoms with E-state index in [1.54, 1.807) is 14.2 Å². The molecule has 0 saturated heterocycles. The van der Waals surface area contributed by atoms with Crippen LogP contribution in [0.1, 0.15) is 20.3 Å². The van der Waals surface area contributed by atoms with Crippen LogP contribution in [0.4, 0.5) is 4.79 Å². The van der Waals surface area contributed by atoms with Gasteiger partial charge in [0, 0.05) is 20.7 Å². The van der Waals surface area contributed by atoms with Gasteiger partial charge < -0.3 is 20.1 Å². The number of carboxylic acid groups (broad SMARTS) is 1. The summed E-state index contributed by atoms with van der Waals surface area (Å²) in [4.78, 5) is 24.0. The molecular formula is C11H22N2O4. The highest BCUT2D eigenvalue weighted by Crippen LogP contribution is 2.05. The van der Waals surface area contributed by atoms with Crippen molar-refractivity contribution in [1.29, 1.82) is 0 Å². The molecule has 0 aromatic carbocycles. The van der Waals surface area contributed by atoms with E-state index in [1.807, 2.05) is 13.8 Å². The van der Waals surface area contributed by atoms with Crippen molar-refractivity contribution in [3.63, 3.8) is 0 Å². The van der Waals surface area contributed by atoms with Crippen LogP contribution in [0.15, 0.2) is 0 Å². The largest absolute Gasteiger partial charge is 0.480 e. The molecule has 2 N–H and O–H groups in total. The van der Waals surface area contributed by atoms with Crippen molar-refractivity contribution in [2.45, 2.75) is 26.3 Å². The summed E-state index contributed by atoms with van der Waals surface area (Å²) in [6.07, 6.45) is 0.416. The van der Waals surface area contributed by atoms with Crippen molar-refractivity contribution in [1.82, 2.24) is 10.2 Å². The first-order valence-electron chi connectivity index (χ1n) is 5.61. The van der Waals surface area contributed by atoms with E-state index in [1.165, 1.54) is 4.90 Å². The van der Waals surface area contributed by atoms with E-state index in [0.717, 1.165) is 0 Å². The Morgan fingerprint density at radius 1 is 1.41 bits per heavy atom. The third-order valence-electron chi connectivity index (χ3n) is 2.28. The smallest absolute Gasteiger partial charge is 0.326 e. The zero-order chi connectivity index (χ0) is 13.4. The van der Waals surface area contributed by atoms with Gasteiger partial charge in [-0.2, -0.15) is 0 Å². The van der Waals surface area contributed by atoms with E-state index in [-0.39, 0.29) is 5.92 Å². The number of carbonyl (C=O) groups excluding carboxylic acids is 1. The van der Waals surface area contributed by atoms with Gasteiger partial charge in [-0.1, -0.05) is 13.8 Å². The lowest BCUT2D eigenvalue weighted by Gasteiger charge is -2.22. The molecule has 100 valence electrons. The van der Waals surface area contributed by atoms with Crippen LogP contribution in [0, 0.1) is 5.92 Å². The number of hydrogen-bond donors (Lipinski definition) is 2. The molecule has 0 saturated carbocycles. The van der Waals surface area contributed by atoms with Crippen LogP contribution in [0.2, 0.25) is 0 Å². The van der Waals surface area contributed by atoms with E-state index >= 15 is 0 Å². The Hall–Kier alpha value is -1.30. The van der Waals surface area contributed by atoms with Crippen LogP contribution >= 0.6 is 0 Å². The quantitative estimate of drug-likeness (QED) is 0.695. The minimum Gasteiger partial charge on any atom is -0.480 e. The predicted molar refractivity (Wildman–Crippen MR) is 63.9 cm³/mol. The Morgan fingerprint density at radius 2 is 2.00 bits per heavy atom. The van der Waals surface area contributed by atoms with Crippen molar-refractivity contribution >= 4 is 12.0 Å². The molecular weight excluding hydrogens is 224 g/mol. The first kappa shape index (κ1) is 15.7. The number of nitrogens with zero attached hydrogens (tertiary/aromatic N) is 1. The average molecular weight is 246 g/mol. The summed E-state index contributed by atoms with van der Waals surface area (Å²) in [5, 5.41) is 11.5. The third-order valence-corrected chi connectivity index (χ3v) is 2.28. The second-order valence-corrected chi connectivity index (χ2v) is 4.38. The molecule has 0 radical (unpaired) electrons. The summed E-state index contributed by atoms with van der Waals surface area (Å²) in [5.41, 5.74) is 0. The fraction of sp³-hybridized carbons (Fsp3) is 0.818. The van der Waals surface area contributed by atoms with E-state index in [9.17, 15) is 9.59 Å². The number of methoxy groups -OCH3 is 1. The number of amides is 2. The Kier molecular flexibility index (Phi) is 7.29. The molecule has 6 nitrogen and oxygen atoms in total. The first-order chi connectivity index (χ1) is 7.88. The first-order valence-corrected chi connectivity index (χ1v) is 5.61. The van der Waals surface area contributed by atoms with Crippen LogP contribution in [-0.4, -0.2) is 55.4 Å². The molecule has 0 fully saturated rings. The maximum absolute atomic E-state index is 11.6. The van der Waals surface area contributed by atoms with Crippen LogP contribution in [0.5, 0.6) is 0 Å². The second-order valence-electron chi connectivity index (χ2n) is 4.38. The zero-order valence-corrected chi connectivity index (χ0v) is 10.9. The Labute approximate surface area is 102 Å². The van der Waals surface area contributed by atoms with Gasteiger partial charge in [-0.05, 0) is 12.3 Å². The summed E-state index contributed by atoms with van der Waals surface area (Å²) in [6, 6.07) is -1.23. The minimum atomic E-state index is -1.01. The van der Waals surface area contributed by atoms with Crippen LogP contribution in [0.3, 0.4) is 0 Å². The fourth-order valence-electron chi connectivity index (χ4n) is 1.28. The van der Waals surface area contributed by atoms with Gasteiger partial charge in [0.1, 0.15) is 6.04 Å². The number of urea groups is 1. The summed E-state index contributed by atoms with van der Waals surface area (Å²) < 4.78 is 4.84. The van der Waals surface area contributed by atoms with Gasteiger partial charge in [-0.15, -0.1) is 0 Å². The lowest BCUT2D eigenvalue weighted by Crippen LogP contribution is -2.47. The average Bonchev–Trinajstić information content (AvgIpc) is 2.23. The van der Waals surface area contributed by atoms with Gasteiger partial charge in [-0.25, -0.2) is 9.59 Å². The van der Waals surface area contributed by atoms with Crippen molar-refractivity contribution in [2.75, 3.05) is 27.3 Å². The molecule has 2 amide bonds. The van der Waals surface area contributed by atoms with Crippen LogP contribution < -0.4 is 5.32 Å². The number of likely N-dealkylation sites (N-methyl/N-ethyl adjacent to an activating group) is 1. The maximum atomic E-state index is 11.6. The molecule has 0 unspecified atom stereocenters. The van der Waals surface area contributed by atoms with Gasteiger partial charge in [0.2, 0.25) is 0 Å². The highest BCUT2D eigenvalue weighted by molar-refractivity contribution is 5.82. The minimum absolute atomic E-state index is 0.209. The molecule has 0 bridgehead atoms.